The molecule has 155 valence electrons. The summed E-state index contributed by atoms with van der Waals surface area (Å²) in [4.78, 5) is 9.83. The van der Waals surface area contributed by atoms with Crippen LogP contribution in [-0.2, 0) is 17.6 Å². The van der Waals surface area contributed by atoms with Crippen molar-refractivity contribution in [1.29, 1.82) is 0 Å². The molecular weight excluding hydrogens is 480 g/mol. The number of aliphatic hydroxyl groups is 1. The van der Waals surface area contributed by atoms with Crippen LogP contribution in [0, 0.1) is 0 Å². The number of rotatable bonds is 5. The quantitative estimate of drug-likeness (QED) is 0.202. The van der Waals surface area contributed by atoms with Crippen LogP contribution < -0.4 is 0 Å². The molecule has 0 aliphatic carbocycles. The van der Waals surface area contributed by atoms with E-state index in [1.165, 1.54) is 6.08 Å². The Hall–Kier alpha value is -1.11. The van der Waals surface area contributed by atoms with E-state index >= 15 is 0 Å². The van der Waals surface area contributed by atoms with Crippen LogP contribution in [0.15, 0.2) is 66.7 Å². The predicted octanol–water partition coefficient (Wildman–Crippen LogP) is 4.80. The number of carbonyl (C=O) groups excluding carboxylic acids is 1. The fourth-order valence-corrected chi connectivity index (χ4v) is 1.51. The van der Waals surface area contributed by atoms with Gasteiger partial charge in [-0.15, -0.1) is 0 Å². The van der Waals surface area contributed by atoms with Crippen molar-refractivity contribution >= 4 is 29.9 Å². The third-order valence-corrected chi connectivity index (χ3v) is 2.91. The summed E-state index contributed by atoms with van der Waals surface area (Å²) in [6.45, 7) is 5.12. The van der Waals surface area contributed by atoms with Crippen molar-refractivity contribution in [2.24, 2.45) is 0 Å². The van der Waals surface area contributed by atoms with E-state index in [0.717, 1.165) is 12.8 Å². The van der Waals surface area contributed by atoms with E-state index in [0.29, 0.717) is 24.3 Å². The Kier molecular flexibility index (Phi) is 23.0. The number of allylic oxidation sites excluding steroid dienone is 1. The molecular formula is C21H31Cl2NbO4+3. The van der Waals surface area contributed by atoms with Crippen molar-refractivity contribution in [3.8, 4) is 0 Å². The summed E-state index contributed by atoms with van der Waals surface area (Å²) >= 11 is -0.706. The van der Waals surface area contributed by atoms with Crippen molar-refractivity contribution < 1.29 is 37.7 Å². The van der Waals surface area contributed by atoms with Crippen LogP contribution in [0.1, 0.15) is 37.8 Å². The summed E-state index contributed by atoms with van der Waals surface area (Å²) in [5.41, 5.74) is 1.35. The fourth-order valence-electron chi connectivity index (χ4n) is 1.51. The normalized spacial score (nSPS) is 9.43. The molecule has 0 bridgehead atoms. The summed E-state index contributed by atoms with van der Waals surface area (Å²) in [7, 11) is 9.83. The second-order valence-electron chi connectivity index (χ2n) is 5.21. The Morgan fingerprint density at radius 2 is 1.21 bits per heavy atom. The number of ketones is 1. The fraction of sp³-hybridized carbons (Fsp3) is 0.286. The monoisotopic (exact) mass is 510 g/mol. The second kappa shape index (κ2) is 22.2. The van der Waals surface area contributed by atoms with Crippen LogP contribution in [0.5, 0.6) is 0 Å². The zero-order chi connectivity index (χ0) is 21.6. The van der Waals surface area contributed by atoms with Crippen molar-refractivity contribution in [3.05, 3.63) is 77.9 Å². The Morgan fingerprint density at radius 3 is 1.54 bits per heavy atom. The molecule has 0 aliphatic heterocycles. The molecule has 0 aliphatic rings. The van der Waals surface area contributed by atoms with Crippen molar-refractivity contribution in [3.63, 3.8) is 0 Å². The number of halogens is 2. The van der Waals surface area contributed by atoms with E-state index < -0.39 is 17.6 Å². The van der Waals surface area contributed by atoms with Gasteiger partial charge in [-0.05, 0) is 12.1 Å². The van der Waals surface area contributed by atoms with Gasteiger partial charge in [0.25, 0.3) is 0 Å². The van der Waals surface area contributed by atoms with Gasteiger partial charge in [-0.3, -0.25) is 4.79 Å². The first kappa shape index (κ1) is 29.1. The van der Waals surface area contributed by atoms with E-state index in [-0.39, 0.29) is 11.5 Å². The molecule has 0 spiro atoms. The first-order valence-corrected chi connectivity index (χ1v) is 14.5. The van der Waals surface area contributed by atoms with Gasteiger partial charge in [-0.2, -0.15) is 0 Å². The first-order valence-electron chi connectivity index (χ1n) is 8.81. The molecule has 0 radical (unpaired) electrons. The Balaban J connectivity index is 0. The Labute approximate surface area is 184 Å². The van der Waals surface area contributed by atoms with Gasteiger partial charge in [0.05, 0.1) is 11.6 Å². The minimum atomic E-state index is -0.706. The van der Waals surface area contributed by atoms with E-state index in [1.807, 2.05) is 50.2 Å². The zero-order valence-electron chi connectivity index (χ0n) is 16.3. The molecule has 2 rings (SSSR count). The second-order valence-corrected chi connectivity index (χ2v) is 8.55. The Morgan fingerprint density at radius 1 is 0.893 bits per heavy atom. The summed E-state index contributed by atoms with van der Waals surface area (Å²) in [6.07, 6.45) is 3.32. The van der Waals surface area contributed by atoms with E-state index in [2.05, 4.69) is 0 Å². The van der Waals surface area contributed by atoms with Gasteiger partial charge >= 0.3 is 41.8 Å². The SMILES string of the molecule is CCC[OH2+].CCC[OH2+].O/C(=C\C(=[OH+])c1ccccc1)c1ccccc1.[Cl][Nb][Cl]. The molecule has 2 aromatic rings. The van der Waals surface area contributed by atoms with Gasteiger partial charge < -0.3 is 15.3 Å². The van der Waals surface area contributed by atoms with Crippen molar-refractivity contribution in [1.82, 2.24) is 0 Å². The molecule has 6 N–H and O–H groups in total. The Bertz CT molecular complexity index is 615. The molecule has 0 fully saturated rings. The molecule has 0 saturated carbocycles. The van der Waals surface area contributed by atoms with Gasteiger partial charge in [-0.1, -0.05) is 62.4 Å². The average molecular weight is 511 g/mol. The van der Waals surface area contributed by atoms with Gasteiger partial charge in [0.15, 0.2) is 0 Å². The maximum absolute atomic E-state index is 9.83. The van der Waals surface area contributed by atoms with Crippen LogP contribution in [-0.4, -0.2) is 39.1 Å². The molecule has 0 atom stereocenters. The van der Waals surface area contributed by atoms with E-state index in [9.17, 15) is 9.90 Å². The van der Waals surface area contributed by atoms with Crippen molar-refractivity contribution in [2.75, 3.05) is 13.2 Å². The van der Waals surface area contributed by atoms with Crippen LogP contribution in [0.3, 0.4) is 0 Å². The van der Waals surface area contributed by atoms with Crippen LogP contribution in [0.4, 0.5) is 0 Å². The topological polar surface area (TPSA) is 87.4 Å². The molecule has 0 saturated heterocycles. The van der Waals surface area contributed by atoms with E-state index in [4.69, 9.17) is 28.6 Å². The van der Waals surface area contributed by atoms with Gasteiger partial charge in [0.2, 0.25) is 0 Å². The molecule has 0 aromatic heterocycles. The number of hydrogen-bond acceptors (Lipinski definition) is 1. The van der Waals surface area contributed by atoms with Crippen molar-refractivity contribution in [2.45, 2.75) is 26.7 Å². The third kappa shape index (κ3) is 17.0. The molecule has 0 unspecified atom stereocenters. The van der Waals surface area contributed by atoms with Crippen LogP contribution in [0.25, 0.3) is 5.76 Å². The van der Waals surface area contributed by atoms with Gasteiger partial charge in [0, 0.05) is 18.4 Å². The zero-order valence-corrected chi connectivity index (χ0v) is 20.0. The molecule has 7 heteroatoms. The number of benzene rings is 2. The molecule has 0 heterocycles. The molecule has 4 nitrogen and oxygen atoms in total. The van der Waals surface area contributed by atoms with Gasteiger partial charge in [-0.25, -0.2) is 0 Å². The minimum absolute atomic E-state index is 0.0481. The van der Waals surface area contributed by atoms with E-state index in [1.54, 1.807) is 24.3 Å². The van der Waals surface area contributed by atoms with Gasteiger partial charge in [0.1, 0.15) is 19.0 Å². The number of hydrogen-bond donors (Lipinski definition) is 1. The van der Waals surface area contributed by atoms with Crippen LogP contribution in [0.2, 0.25) is 0 Å². The standard InChI is InChI=1S/C15H12O2.2C3H8O.2ClH.Nb/c16-14(12-7-3-1-4-8-12)11-15(17)13-9-5-2-6-10-13;2*1-2-3-4;;;/h1-11,16H;2*4H,2-3H2,1H3;2*1H;/q;;;;;+2/p+1/b14-11-;;;;;. The summed E-state index contributed by atoms with van der Waals surface area (Å²) in [6, 6.07) is 18.2. The molecule has 0 amide bonds. The maximum atomic E-state index is 9.83. The molecule has 2 aromatic carbocycles. The number of aliphatic hydroxyl groups excluding tert-OH is 1. The third-order valence-electron chi connectivity index (χ3n) is 2.91. The van der Waals surface area contributed by atoms with Crippen LogP contribution >= 0.6 is 18.4 Å². The summed E-state index contributed by atoms with van der Waals surface area (Å²) < 4.78 is 0. The first-order chi connectivity index (χ1) is 13.5. The summed E-state index contributed by atoms with van der Waals surface area (Å²) in [5.74, 6) is 0.0962. The summed E-state index contributed by atoms with van der Waals surface area (Å²) in [5, 5.41) is 22.7. The predicted molar refractivity (Wildman–Crippen MR) is 119 cm³/mol. The molecule has 28 heavy (non-hydrogen) atoms. The average Bonchev–Trinajstić information content (AvgIpc) is 2.75.